The van der Waals surface area contributed by atoms with Gasteiger partial charge in [-0.25, -0.2) is 4.39 Å². The van der Waals surface area contributed by atoms with Crippen LogP contribution in [0.1, 0.15) is 24.3 Å². The molecule has 0 bridgehead atoms. The Labute approximate surface area is 120 Å². The van der Waals surface area contributed by atoms with Crippen molar-refractivity contribution in [2.24, 2.45) is 0 Å². The Balaban J connectivity index is 2.40. The Hall–Kier alpha value is -2.41. The molecule has 0 amide bonds. The maximum Gasteiger partial charge on any atom is 0.433 e. The van der Waals surface area contributed by atoms with Crippen molar-refractivity contribution in [2.45, 2.75) is 13.0 Å². The molecule has 2 rings (SSSR count). The molecule has 1 N–H and O–H groups in total. The van der Waals surface area contributed by atoms with E-state index in [1.165, 1.54) is 25.3 Å². The molecule has 21 heavy (non-hydrogen) atoms. The van der Waals surface area contributed by atoms with Gasteiger partial charge in [-0.2, -0.15) is 0 Å². The number of hydrogen-bond acceptors (Lipinski definition) is 5. The number of halogens is 1. The van der Waals surface area contributed by atoms with E-state index in [4.69, 9.17) is 9.15 Å². The molecule has 112 valence electrons. The van der Waals surface area contributed by atoms with Crippen LogP contribution < -0.4 is 10.1 Å². The van der Waals surface area contributed by atoms with Gasteiger partial charge in [-0.3, -0.25) is 10.1 Å². The van der Waals surface area contributed by atoms with Crippen LogP contribution in [0.3, 0.4) is 0 Å². The highest BCUT2D eigenvalue weighted by Crippen LogP contribution is 2.30. The molecule has 6 nitrogen and oxygen atoms in total. The van der Waals surface area contributed by atoms with Crippen LogP contribution in [0.15, 0.2) is 34.7 Å². The summed E-state index contributed by atoms with van der Waals surface area (Å²) in [7, 11) is 1.45. The van der Waals surface area contributed by atoms with E-state index >= 15 is 0 Å². The van der Waals surface area contributed by atoms with Crippen molar-refractivity contribution in [2.75, 3.05) is 13.7 Å². The lowest BCUT2D eigenvalue weighted by molar-refractivity contribution is -0.402. The highest BCUT2D eigenvalue weighted by Gasteiger charge is 2.23. The number of nitro groups is 1. The molecular formula is C14H15FN2O4. The van der Waals surface area contributed by atoms with Gasteiger partial charge in [0.05, 0.1) is 19.2 Å². The van der Waals surface area contributed by atoms with Crippen molar-refractivity contribution in [3.05, 3.63) is 57.6 Å². The van der Waals surface area contributed by atoms with E-state index < -0.39 is 16.8 Å². The Kier molecular flexibility index (Phi) is 4.54. The van der Waals surface area contributed by atoms with E-state index in [0.29, 0.717) is 17.9 Å². The molecule has 0 aliphatic carbocycles. The number of ether oxygens (including phenoxy) is 1. The molecule has 0 saturated heterocycles. The van der Waals surface area contributed by atoms with Gasteiger partial charge in [0.1, 0.15) is 22.3 Å². The normalized spacial score (nSPS) is 12.1. The fourth-order valence-electron chi connectivity index (χ4n) is 2.03. The zero-order chi connectivity index (χ0) is 15.4. The minimum Gasteiger partial charge on any atom is -0.497 e. The van der Waals surface area contributed by atoms with Crippen LogP contribution in [-0.4, -0.2) is 18.6 Å². The van der Waals surface area contributed by atoms with Crippen LogP contribution in [0.25, 0.3) is 0 Å². The molecule has 1 unspecified atom stereocenters. The zero-order valence-corrected chi connectivity index (χ0v) is 11.6. The summed E-state index contributed by atoms with van der Waals surface area (Å²) in [4.78, 5) is 10.1. The number of hydrogen-bond donors (Lipinski definition) is 1. The van der Waals surface area contributed by atoms with Gasteiger partial charge in [0, 0.05) is 11.6 Å². The van der Waals surface area contributed by atoms with E-state index in [0.717, 1.165) is 0 Å². The van der Waals surface area contributed by atoms with Crippen LogP contribution in [0.4, 0.5) is 10.3 Å². The lowest BCUT2D eigenvalue weighted by Crippen LogP contribution is -2.22. The molecule has 0 radical (unpaired) electrons. The van der Waals surface area contributed by atoms with Gasteiger partial charge < -0.3 is 14.5 Å². The number of nitrogens with zero attached hydrogens (tertiary/aromatic N) is 1. The van der Waals surface area contributed by atoms with Gasteiger partial charge >= 0.3 is 5.88 Å². The molecule has 1 atom stereocenters. The number of methoxy groups -OCH3 is 1. The predicted octanol–water partition coefficient (Wildman–Crippen LogP) is 3.03. The first-order valence-electron chi connectivity index (χ1n) is 6.37. The van der Waals surface area contributed by atoms with E-state index in [1.54, 1.807) is 12.1 Å². The summed E-state index contributed by atoms with van der Waals surface area (Å²) in [5, 5.41) is 13.7. The minimum absolute atomic E-state index is 0.285. The Morgan fingerprint density at radius 2 is 2.19 bits per heavy atom. The standard InChI is InChI=1S/C14H15FN2O4/c1-3-16-14(12-6-7-13(21-12)17(18)19)10-5-4-9(20-2)8-11(10)15/h4-8,14,16H,3H2,1-2H3. The van der Waals surface area contributed by atoms with Crippen molar-refractivity contribution in [3.8, 4) is 5.75 Å². The number of rotatable bonds is 6. The van der Waals surface area contributed by atoms with E-state index in [2.05, 4.69) is 5.32 Å². The number of nitrogens with one attached hydrogen (secondary N) is 1. The summed E-state index contributed by atoms with van der Waals surface area (Å²) in [6.07, 6.45) is 0. The molecule has 0 aliphatic rings. The first kappa shape index (κ1) is 15.0. The molecule has 1 aromatic carbocycles. The molecule has 7 heteroatoms. The smallest absolute Gasteiger partial charge is 0.433 e. The van der Waals surface area contributed by atoms with Crippen LogP contribution in [-0.2, 0) is 0 Å². The fraction of sp³-hybridized carbons (Fsp3) is 0.286. The molecule has 2 aromatic rings. The zero-order valence-electron chi connectivity index (χ0n) is 11.6. The van der Waals surface area contributed by atoms with Gasteiger partial charge in [0.2, 0.25) is 0 Å². The topological polar surface area (TPSA) is 77.5 Å². The second-order valence-electron chi connectivity index (χ2n) is 4.31. The highest BCUT2D eigenvalue weighted by molar-refractivity contribution is 5.35. The second kappa shape index (κ2) is 6.36. The first-order valence-corrected chi connectivity index (χ1v) is 6.37. The van der Waals surface area contributed by atoms with Gasteiger partial charge in [0.15, 0.2) is 0 Å². The fourth-order valence-corrected chi connectivity index (χ4v) is 2.03. The van der Waals surface area contributed by atoms with Gasteiger partial charge in [-0.05, 0) is 18.7 Å². The van der Waals surface area contributed by atoms with Crippen molar-refractivity contribution in [1.29, 1.82) is 0 Å². The van der Waals surface area contributed by atoms with Crippen molar-refractivity contribution < 1.29 is 18.5 Å². The second-order valence-corrected chi connectivity index (χ2v) is 4.31. The van der Waals surface area contributed by atoms with Crippen LogP contribution in [0, 0.1) is 15.9 Å². The molecule has 0 aliphatic heterocycles. The molecule has 0 fully saturated rings. The SMILES string of the molecule is CCNC(c1ccc([N+](=O)[O-])o1)c1ccc(OC)cc1F. The summed E-state index contributed by atoms with van der Waals surface area (Å²) in [6, 6.07) is 6.57. The average molecular weight is 294 g/mol. The number of benzene rings is 1. The van der Waals surface area contributed by atoms with Crippen molar-refractivity contribution in [1.82, 2.24) is 5.32 Å². The predicted molar refractivity (Wildman–Crippen MR) is 73.8 cm³/mol. The first-order chi connectivity index (χ1) is 10.1. The third kappa shape index (κ3) is 3.19. The maximum absolute atomic E-state index is 14.2. The summed E-state index contributed by atoms with van der Waals surface area (Å²) in [5.41, 5.74) is 0.335. The quantitative estimate of drug-likeness (QED) is 0.654. The summed E-state index contributed by atoms with van der Waals surface area (Å²) in [6.45, 7) is 2.40. The van der Waals surface area contributed by atoms with Crippen molar-refractivity contribution >= 4 is 5.88 Å². The molecular weight excluding hydrogens is 279 g/mol. The van der Waals surface area contributed by atoms with Gasteiger partial charge in [0.25, 0.3) is 0 Å². The average Bonchev–Trinajstić information content (AvgIpc) is 2.95. The monoisotopic (exact) mass is 294 g/mol. The Morgan fingerprint density at radius 1 is 1.43 bits per heavy atom. The van der Waals surface area contributed by atoms with Crippen LogP contribution >= 0.6 is 0 Å². The Morgan fingerprint density at radius 3 is 2.71 bits per heavy atom. The summed E-state index contributed by atoms with van der Waals surface area (Å²) >= 11 is 0. The number of furan rings is 1. The van der Waals surface area contributed by atoms with E-state index in [1.807, 2.05) is 6.92 Å². The molecule has 0 spiro atoms. The molecule has 1 heterocycles. The minimum atomic E-state index is -0.628. The van der Waals surface area contributed by atoms with E-state index in [-0.39, 0.29) is 11.6 Å². The summed E-state index contributed by atoms with van der Waals surface area (Å²) < 4.78 is 24.3. The third-order valence-electron chi connectivity index (χ3n) is 3.00. The van der Waals surface area contributed by atoms with Crippen molar-refractivity contribution in [3.63, 3.8) is 0 Å². The molecule has 1 aromatic heterocycles. The van der Waals surface area contributed by atoms with Gasteiger partial charge in [-0.15, -0.1) is 0 Å². The van der Waals surface area contributed by atoms with E-state index in [9.17, 15) is 14.5 Å². The maximum atomic E-state index is 14.2. The molecule has 0 saturated carbocycles. The lowest BCUT2D eigenvalue weighted by atomic mass is 10.0. The largest absolute Gasteiger partial charge is 0.497 e. The third-order valence-corrected chi connectivity index (χ3v) is 3.00. The van der Waals surface area contributed by atoms with Crippen LogP contribution in [0.2, 0.25) is 0 Å². The summed E-state index contributed by atoms with van der Waals surface area (Å²) in [5.74, 6) is -0.161. The Bertz CT molecular complexity index is 642. The van der Waals surface area contributed by atoms with Crippen LogP contribution in [0.5, 0.6) is 5.75 Å². The van der Waals surface area contributed by atoms with Gasteiger partial charge in [-0.1, -0.05) is 13.0 Å². The lowest BCUT2D eigenvalue weighted by Gasteiger charge is -2.17. The highest BCUT2D eigenvalue weighted by atomic mass is 19.1.